The summed E-state index contributed by atoms with van der Waals surface area (Å²) in [6.45, 7) is 0. The van der Waals surface area contributed by atoms with Crippen molar-refractivity contribution in [3.8, 4) is 0 Å². The highest BCUT2D eigenvalue weighted by Crippen LogP contribution is 2.16. The van der Waals surface area contributed by atoms with Crippen LogP contribution in [0.1, 0.15) is 11.3 Å². The SMILES string of the molecule is NC(=O)C[C@@H](NC(=O)CSCc1cccs1)C(=O)O. The fourth-order valence-corrected chi connectivity index (χ4v) is 2.96. The van der Waals surface area contributed by atoms with Gasteiger partial charge in [0.2, 0.25) is 11.8 Å². The predicted octanol–water partition coefficient (Wildman–Crippen LogP) is 0.426. The molecule has 0 unspecified atom stereocenters. The minimum Gasteiger partial charge on any atom is -0.480 e. The average molecular weight is 302 g/mol. The number of carbonyl (C=O) groups is 3. The molecule has 0 saturated heterocycles. The van der Waals surface area contributed by atoms with Crippen molar-refractivity contribution in [2.45, 2.75) is 18.2 Å². The lowest BCUT2D eigenvalue weighted by atomic mass is 10.2. The molecule has 0 radical (unpaired) electrons. The van der Waals surface area contributed by atoms with E-state index in [1.54, 1.807) is 11.3 Å². The van der Waals surface area contributed by atoms with Crippen molar-refractivity contribution in [2.24, 2.45) is 5.73 Å². The molecule has 2 amide bonds. The molecule has 0 spiro atoms. The number of carboxylic acids is 1. The Hall–Kier alpha value is -1.54. The molecular formula is C11H14N2O4S2. The van der Waals surface area contributed by atoms with E-state index in [-0.39, 0.29) is 5.75 Å². The largest absolute Gasteiger partial charge is 0.480 e. The second kappa shape index (κ2) is 7.80. The van der Waals surface area contributed by atoms with Crippen molar-refractivity contribution < 1.29 is 19.5 Å². The molecule has 1 rings (SSSR count). The minimum absolute atomic E-state index is 0.139. The number of primary amides is 1. The Labute approximate surface area is 118 Å². The average Bonchev–Trinajstić information content (AvgIpc) is 2.80. The molecule has 19 heavy (non-hydrogen) atoms. The Bertz CT molecular complexity index is 448. The van der Waals surface area contributed by atoms with Gasteiger partial charge in [0.05, 0.1) is 12.2 Å². The number of hydrogen-bond donors (Lipinski definition) is 3. The van der Waals surface area contributed by atoms with Crippen LogP contribution in [0.4, 0.5) is 0 Å². The van der Waals surface area contributed by atoms with Crippen molar-refractivity contribution in [1.29, 1.82) is 0 Å². The van der Waals surface area contributed by atoms with Crippen molar-refractivity contribution in [1.82, 2.24) is 5.32 Å². The maximum Gasteiger partial charge on any atom is 0.326 e. The standard InChI is InChI=1S/C11H14N2O4S2/c12-9(14)4-8(11(16)17)13-10(15)6-18-5-7-2-1-3-19-7/h1-3,8H,4-6H2,(H2,12,14)(H,13,15)(H,16,17)/t8-/m1/s1. The first kappa shape index (κ1) is 15.5. The summed E-state index contributed by atoms with van der Waals surface area (Å²) in [4.78, 5) is 34.1. The van der Waals surface area contributed by atoms with Crippen LogP contribution in [0.2, 0.25) is 0 Å². The maximum absolute atomic E-state index is 11.5. The first-order chi connectivity index (χ1) is 8.99. The summed E-state index contributed by atoms with van der Waals surface area (Å²) >= 11 is 2.97. The molecular weight excluding hydrogens is 288 g/mol. The van der Waals surface area contributed by atoms with Gasteiger partial charge in [-0.05, 0) is 11.4 Å². The van der Waals surface area contributed by atoms with Gasteiger partial charge in [-0.15, -0.1) is 23.1 Å². The number of carboxylic acid groups (broad SMARTS) is 1. The number of aliphatic carboxylic acids is 1. The molecule has 4 N–H and O–H groups in total. The lowest BCUT2D eigenvalue weighted by molar-refractivity contribution is -0.143. The van der Waals surface area contributed by atoms with E-state index in [0.717, 1.165) is 4.88 Å². The van der Waals surface area contributed by atoms with Crippen LogP contribution in [0.25, 0.3) is 0 Å². The van der Waals surface area contributed by atoms with Crippen LogP contribution in [-0.4, -0.2) is 34.7 Å². The molecule has 0 saturated carbocycles. The lowest BCUT2D eigenvalue weighted by Crippen LogP contribution is -2.44. The highest BCUT2D eigenvalue weighted by Gasteiger charge is 2.21. The topological polar surface area (TPSA) is 109 Å². The Kier molecular flexibility index (Phi) is 6.37. The zero-order valence-corrected chi connectivity index (χ0v) is 11.6. The van der Waals surface area contributed by atoms with Crippen LogP contribution in [0.5, 0.6) is 0 Å². The van der Waals surface area contributed by atoms with Gasteiger partial charge in [-0.1, -0.05) is 6.07 Å². The molecule has 1 aromatic rings. The quantitative estimate of drug-likeness (QED) is 0.645. The summed E-state index contributed by atoms with van der Waals surface area (Å²) in [5, 5.41) is 13.0. The van der Waals surface area contributed by atoms with E-state index in [4.69, 9.17) is 10.8 Å². The molecule has 0 aromatic carbocycles. The molecule has 6 nitrogen and oxygen atoms in total. The minimum atomic E-state index is -1.27. The molecule has 0 aliphatic heterocycles. The van der Waals surface area contributed by atoms with Crippen LogP contribution in [0.3, 0.4) is 0 Å². The Morgan fingerprint density at radius 1 is 1.47 bits per heavy atom. The van der Waals surface area contributed by atoms with Gasteiger partial charge < -0.3 is 16.2 Å². The summed E-state index contributed by atoms with van der Waals surface area (Å²) in [6.07, 6.45) is -0.406. The summed E-state index contributed by atoms with van der Waals surface area (Å²) in [6, 6.07) is 2.63. The fraction of sp³-hybridized carbons (Fsp3) is 0.364. The lowest BCUT2D eigenvalue weighted by Gasteiger charge is -2.12. The van der Waals surface area contributed by atoms with Crippen LogP contribution in [0.15, 0.2) is 17.5 Å². The third-order valence-electron chi connectivity index (χ3n) is 2.10. The summed E-state index contributed by atoms with van der Waals surface area (Å²) in [5.41, 5.74) is 4.91. The van der Waals surface area contributed by atoms with Gasteiger partial charge in [-0.2, -0.15) is 0 Å². The summed E-state index contributed by atoms with van der Waals surface area (Å²) in [5.74, 6) is -1.62. The van der Waals surface area contributed by atoms with E-state index in [1.165, 1.54) is 11.8 Å². The number of amides is 2. The summed E-state index contributed by atoms with van der Waals surface area (Å²) < 4.78 is 0. The van der Waals surface area contributed by atoms with Crippen molar-refractivity contribution in [2.75, 3.05) is 5.75 Å². The molecule has 0 aliphatic rings. The van der Waals surface area contributed by atoms with E-state index in [0.29, 0.717) is 5.75 Å². The van der Waals surface area contributed by atoms with Crippen molar-refractivity contribution >= 4 is 40.9 Å². The van der Waals surface area contributed by atoms with Gasteiger partial charge in [-0.3, -0.25) is 9.59 Å². The molecule has 0 fully saturated rings. The van der Waals surface area contributed by atoms with E-state index < -0.39 is 30.2 Å². The van der Waals surface area contributed by atoms with Gasteiger partial charge in [0.15, 0.2) is 0 Å². The molecule has 0 aliphatic carbocycles. The van der Waals surface area contributed by atoms with E-state index in [1.807, 2.05) is 17.5 Å². The van der Waals surface area contributed by atoms with E-state index in [2.05, 4.69) is 5.32 Å². The van der Waals surface area contributed by atoms with Gasteiger partial charge in [-0.25, -0.2) is 4.79 Å². The molecule has 104 valence electrons. The van der Waals surface area contributed by atoms with Gasteiger partial charge in [0.1, 0.15) is 6.04 Å². The second-order valence-electron chi connectivity index (χ2n) is 3.70. The number of carbonyl (C=O) groups excluding carboxylic acids is 2. The Balaban J connectivity index is 2.32. The Morgan fingerprint density at radius 3 is 2.74 bits per heavy atom. The second-order valence-corrected chi connectivity index (χ2v) is 5.72. The van der Waals surface area contributed by atoms with Gasteiger partial charge in [0, 0.05) is 10.6 Å². The molecule has 8 heteroatoms. The number of rotatable bonds is 8. The third-order valence-corrected chi connectivity index (χ3v) is 4.14. The normalized spacial score (nSPS) is 11.8. The van der Waals surface area contributed by atoms with Gasteiger partial charge in [0.25, 0.3) is 0 Å². The molecule has 1 atom stereocenters. The maximum atomic E-state index is 11.5. The third kappa shape index (κ3) is 6.25. The smallest absolute Gasteiger partial charge is 0.326 e. The molecule has 0 bridgehead atoms. The van der Waals surface area contributed by atoms with Crippen molar-refractivity contribution in [3.63, 3.8) is 0 Å². The van der Waals surface area contributed by atoms with Gasteiger partial charge >= 0.3 is 5.97 Å². The molecule has 1 aromatic heterocycles. The van der Waals surface area contributed by atoms with Crippen LogP contribution in [-0.2, 0) is 20.1 Å². The van der Waals surface area contributed by atoms with Crippen LogP contribution >= 0.6 is 23.1 Å². The van der Waals surface area contributed by atoms with Crippen molar-refractivity contribution in [3.05, 3.63) is 22.4 Å². The monoisotopic (exact) mass is 302 g/mol. The number of thioether (sulfide) groups is 1. The number of nitrogens with two attached hydrogens (primary N) is 1. The fourth-order valence-electron chi connectivity index (χ4n) is 1.28. The van der Waals surface area contributed by atoms with E-state index >= 15 is 0 Å². The van der Waals surface area contributed by atoms with Crippen LogP contribution in [0, 0.1) is 0 Å². The highest BCUT2D eigenvalue weighted by atomic mass is 32.2. The zero-order chi connectivity index (χ0) is 14.3. The predicted molar refractivity (Wildman–Crippen MR) is 73.9 cm³/mol. The highest BCUT2D eigenvalue weighted by molar-refractivity contribution is 7.99. The van der Waals surface area contributed by atoms with E-state index in [9.17, 15) is 14.4 Å². The number of thiophene rings is 1. The Morgan fingerprint density at radius 2 is 2.21 bits per heavy atom. The summed E-state index contributed by atoms with van der Waals surface area (Å²) in [7, 11) is 0. The molecule has 1 heterocycles. The number of nitrogens with one attached hydrogen (secondary N) is 1. The first-order valence-corrected chi connectivity index (χ1v) is 7.43. The first-order valence-electron chi connectivity index (χ1n) is 5.39. The number of hydrogen-bond acceptors (Lipinski definition) is 5. The zero-order valence-electron chi connectivity index (χ0n) is 10.00. The van der Waals surface area contributed by atoms with Crippen LogP contribution < -0.4 is 11.1 Å².